The summed E-state index contributed by atoms with van der Waals surface area (Å²) in [4.78, 5) is 11.9. The number of anilines is 1. The molecule has 0 fully saturated rings. The number of hydrogen-bond acceptors (Lipinski definition) is 6. The lowest BCUT2D eigenvalue weighted by atomic mass is 10.2. The lowest BCUT2D eigenvalue weighted by molar-refractivity contribution is -0.142. The van der Waals surface area contributed by atoms with Crippen molar-refractivity contribution in [2.24, 2.45) is 0 Å². The lowest BCUT2D eigenvalue weighted by Crippen LogP contribution is -2.21. The van der Waals surface area contributed by atoms with Crippen molar-refractivity contribution < 1.29 is 9.53 Å². The molecular weight excluding hydrogens is 298 g/mol. The molecule has 1 heterocycles. The molecule has 0 bridgehead atoms. The van der Waals surface area contributed by atoms with Gasteiger partial charge in [-0.1, -0.05) is 30.3 Å². The Bertz CT molecular complexity index is 566. The molecule has 5 nitrogen and oxygen atoms in total. The molecule has 116 valence electrons. The van der Waals surface area contributed by atoms with Gasteiger partial charge in [-0.25, -0.2) is 0 Å². The van der Waals surface area contributed by atoms with E-state index in [9.17, 15) is 4.79 Å². The highest BCUT2D eigenvalue weighted by molar-refractivity contribution is 7.99. The van der Waals surface area contributed by atoms with Gasteiger partial charge < -0.3 is 10.1 Å². The molecule has 0 radical (unpaired) electrons. The quantitative estimate of drug-likeness (QED) is 0.596. The maximum Gasteiger partial charge on any atom is 0.318 e. The van der Waals surface area contributed by atoms with Crippen LogP contribution in [0.3, 0.4) is 0 Å². The fourth-order valence-electron chi connectivity index (χ4n) is 1.71. The predicted molar refractivity (Wildman–Crippen MR) is 88.7 cm³/mol. The number of carbonyl (C=O) groups is 1. The highest BCUT2D eigenvalue weighted by Crippen LogP contribution is 2.18. The average Bonchev–Trinajstić information content (AvgIpc) is 2.58. The van der Waals surface area contributed by atoms with Crippen LogP contribution in [-0.4, -0.2) is 34.6 Å². The average molecular weight is 317 g/mol. The number of ether oxygens (including phenoxy) is 1. The highest BCUT2D eigenvalue weighted by Gasteiger charge is 2.14. The van der Waals surface area contributed by atoms with Crippen molar-refractivity contribution >= 4 is 23.5 Å². The van der Waals surface area contributed by atoms with Gasteiger partial charge in [-0.15, -0.1) is 16.9 Å². The third kappa shape index (κ3) is 5.73. The van der Waals surface area contributed by atoms with Gasteiger partial charge in [0.25, 0.3) is 0 Å². The fourth-order valence-corrected chi connectivity index (χ4v) is 2.55. The number of esters is 1. The number of carbonyl (C=O) groups excluding carboxylic acids is 1. The van der Waals surface area contributed by atoms with E-state index in [0.717, 1.165) is 5.75 Å². The second kappa shape index (κ2) is 9.04. The van der Waals surface area contributed by atoms with Crippen molar-refractivity contribution in [2.75, 3.05) is 18.5 Å². The van der Waals surface area contributed by atoms with E-state index in [4.69, 9.17) is 4.74 Å². The Morgan fingerprint density at radius 3 is 2.82 bits per heavy atom. The minimum atomic E-state index is -0.193. The van der Waals surface area contributed by atoms with Crippen LogP contribution in [-0.2, 0) is 15.3 Å². The van der Waals surface area contributed by atoms with Crippen LogP contribution in [0.2, 0.25) is 0 Å². The Morgan fingerprint density at radius 2 is 2.09 bits per heavy atom. The van der Waals surface area contributed by atoms with Crippen LogP contribution in [0.25, 0.3) is 0 Å². The van der Waals surface area contributed by atoms with Crippen LogP contribution in [0.15, 0.2) is 48.7 Å². The summed E-state index contributed by atoms with van der Waals surface area (Å²) in [6.45, 7) is 2.69. The minimum absolute atomic E-state index is 0.184. The van der Waals surface area contributed by atoms with E-state index in [1.54, 1.807) is 24.0 Å². The zero-order chi connectivity index (χ0) is 15.6. The van der Waals surface area contributed by atoms with Gasteiger partial charge in [-0.05, 0) is 24.6 Å². The van der Waals surface area contributed by atoms with Crippen molar-refractivity contribution in [3.63, 3.8) is 0 Å². The van der Waals surface area contributed by atoms with Crippen LogP contribution in [0.4, 0.5) is 5.82 Å². The first-order valence-corrected chi connectivity index (χ1v) is 8.14. The van der Waals surface area contributed by atoms with Crippen molar-refractivity contribution in [3.8, 4) is 0 Å². The Labute approximate surface area is 134 Å². The van der Waals surface area contributed by atoms with Gasteiger partial charge in [0.2, 0.25) is 0 Å². The maximum atomic E-state index is 11.9. The standard InChI is InChI=1S/C16H19N3O2S/c1-13(22-12-14-6-3-2-4-7-14)16(20)21-11-10-17-15-8-5-9-18-19-15/h2-9,13H,10-12H2,1H3,(H,17,19)/t13-/m1/s1. The summed E-state index contributed by atoms with van der Waals surface area (Å²) in [7, 11) is 0. The van der Waals surface area contributed by atoms with Gasteiger partial charge in [0.05, 0.1) is 11.8 Å². The smallest absolute Gasteiger partial charge is 0.318 e. The molecule has 0 aliphatic heterocycles. The molecule has 22 heavy (non-hydrogen) atoms. The SMILES string of the molecule is C[C@@H](SCc1ccccc1)C(=O)OCCNc1cccnn1. The molecule has 0 unspecified atom stereocenters. The molecule has 1 atom stereocenters. The van der Waals surface area contributed by atoms with Crippen LogP contribution in [0, 0.1) is 0 Å². The summed E-state index contributed by atoms with van der Waals surface area (Å²) in [5.74, 6) is 1.28. The summed E-state index contributed by atoms with van der Waals surface area (Å²) in [5.41, 5.74) is 1.21. The molecule has 0 saturated carbocycles. The number of nitrogens with one attached hydrogen (secondary N) is 1. The fraction of sp³-hybridized carbons (Fsp3) is 0.312. The van der Waals surface area contributed by atoms with Crippen molar-refractivity contribution in [1.82, 2.24) is 10.2 Å². The largest absolute Gasteiger partial charge is 0.463 e. The molecule has 0 aliphatic carbocycles. The number of benzene rings is 1. The van der Waals surface area contributed by atoms with Gasteiger partial charge in [0.1, 0.15) is 12.4 Å². The van der Waals surface area contributed by atoms with E-state index in [2.05, 4.69) is 27.6 Å². The zero-order valence-corrected chi connectivity index (χ0v) is 13.3. The molecular formula is C16H19N3O2S. The number of nitrogens with zero attached hydrogens (tertiary/aromatic N) is 2. The zero-order valence-electron chi connectivity index (χ0n) is 12.4. The van der Waals surface area contributed by atoms with E-state index in [1.165, 1.54) is 5.56 Å². The van der Waals surface area contributed by atoms with Gasteiger partial charge in [-0.2, -0.15) is 5.10 Å². The molecule has 0 spiro atoms. The van der Waals surface area contributed by atoms with E-state index >= 15 is 0 Å². The van der Waals surface area contributed by atoms with Crippen LogP contribution >= 0.6 is 11.8 Å². The second-order valence-corrected chi connectivity index (χ2v) is 5.97. The number of hydrogen-bond donors (Lipinski definition) is 1. The van der Waals surface area contributed by atoms with Crippen LogP contribution < -0.4 is 5.32 Å². The topological polar surface area (TPSA) is 64.1 Å². The monoisotopic (exact) mass is 317 g/mol. The Hall–Kier alpha value is -2.08. The van der Waals surface area contributed by atoms with Crippen molar-refractivity contribution in [3.05, 3.63) is 54.2 Å². The van der Waals surface area contributed by atoms with Crippen molar-refractivity contribution in [2.45, 2.75) is 17.9 Å². The van der Waals surface area contributed by atoms with Gasteiger partial charge in [0, 0.05) is 11.9 Å². The number of thioether (sulfide) groups is 1. The number of rotatable bonds is 8. The molecule has 1 N–H and O–H groups in total. The minimum Gasteiger partial charge on any atom is -0.463 e. The first-order valence-electron chi connectivity index (χ1n) is 7.09. The number of aromatic nitrogens is 2. The second-order valence-electron chi connectivity index (χ2n) is 4.64. The molecule has 6 heteroatoms. The summed E-state index contributed by atoms with van der Waals surface area (Å²) in [5, 5.41) is 10.5. The molecule has 1 aromatic carbocycles. The summed E-state index contributed by atoms with van der Waals surface area (Å²) >= 11 is 1.57. The Kier molecular flexibility index (Phi) is 6.70. The summed E-state index contributed by atoms with van der Waals surface area (Å²) in [6.07, 6.45) is 1.61. The van der Waals surface area contributed by atoms with Gasteiger partial charge >= 0.3 is 5.97 Å². The molecule has 1 aromatic heterocycles. The normalized spacial score (nSPS) is 11.7. The van der Waals surface area contributed by atoms with E-state index < -0.39 is 0 Å². The summed E-state index contributed by atoms with van der Waals surface area (Å²) in [6, 6.07) is 13.7. The highest BCUT2D eigenvalue weighted by atomic mass is 32.2. The molecule has 0 saturated heterocycles. The molecule has 2 rings (SSSR count). The Morgan fingerprint density at radius 1 is 1.27 bits per heavy atom. The molecule has 2 aromatic rings. The predicted octanol–water partition coefficient (Wildman–Crippen LogP) is 2.75. The third-order valence-electron chi connectivity index (χ3n) is 2.90. The van der Waals surface area contributed by atoms with Crippen LogP contribution in [0.1, 0.15) is 12.5 Å². The maximum absolute atomic E-state index is 11.9. The summed E-state index contributed by atoms with van der Waals surface area (Å²) < 4.78 is 5.24. The Balaban J connectivity index is 1.62. The van der Waals surface area contributed by atoms with Crippen LogP contribution in [0.5, 0.6) is 0 Å². The molecule has 0 amide bonds. The third-order valence-corrected chi connectivity index (χ3v) is 4.09. The van der Waals surface area contributed by atoms with E-state index in [0.29, 0.717) is 19.0 Å². The van der Waals surface area contributed by atoms with Gasteiger partial charge in [0.15, 0.2) is 0 Å². The first-order chi connectivity index (χ1) is 10.8. The van der Waals surface area contributed by atoms with E-state index in [1.807, 2.05) is 31.2 Å². The van der Waals surface area contributed by atoms with Gasteiger partial charge in [-0.3, -0.25) is 4.79 Å². The lowest BCUT2D eigenvalue weighted by Gasteiger charge is -2.11. The molecule has 0 aliphatic rings. The van der Waals surface area contributed by atoms with E-state index in [-0.39, 0.29) is 11.2 Å². The van der Waals surface area contributed by atoms with Crippen molar-refractivity contribution in [1.29, 1.82) is 0 Å². The first kappa shape index (κ1) is 16.3.